The molecule has 0 saturated heterocycles. The Labute approximate surface area is 88.4 Å². The summed E-state index contributed by atoms with van der Waals surface area (Å²) < 4.78 is 9.69. The number of carbonyl (C=O) groups excluding carboxylic acids is 1. The number of thiol groups is 1. The van der Waals surface area contributed by atoms with Crippen molar-refractivity contribution >= 4 is 18.6 Å². The van der Waals surface area contributed by atoms with Crippen molar-refractivity contribution in [2.45, 2.75) is 11.8 Å². The fraction of sp³-hybridized carbons (Fsp3) is 0.300. The topological polar surface area (TPSA) is 35.5 Å². The van der Waals surface area contributed by atoms with Gasteiger partial charge in [0.15, 0.2) is 6.61 Å². The highest BCUT2D eigenvalue weighted by Crippen LogP contribution is 2.20. The molecule has 0 aliphatic carbocycles. The van der Waals surface area contributed by atoms with E-state index < -0.39 is 0 Å². The number of hydrogen-bond donors (Lipinski definition) is 1. The summed E-state index contributed by atoms with van der Waals surface area (Å²) in [5.41, 5.74) is 0.946. The molecular formula is C10H12O3S. The summed E-state index contributed by atoms with van der Waals surface area (Å²) in [6.07, 6.45) is 0. The van der Waals surface area contributed by atoms with Crippen molar-refractivity contribution in [2.24, 2.45) is 0 Å². The number of rotatable bonds is 3. The van der Waals surface area contributed by atoms with Crippen molar-refractivity contribution in [1.29, 1.82) is 0 Å². The normalized spacial score (nSPS) is 9.64. The largest absolute Gasteiger partial charge is 0.482 e. The van der Waals surface area contributed by atoms with E-state index in [0.29, 0.717) is 5.75 Å². The summed E-state index contributed by atoms with van der Waals surface area (Å²) in [6.45, 7) is 1.83. The molecule has 3 nitrogen and oxygen atoms in total. The highest BCUT2D eigenvalue weighted by atomic mass is 32.1. The zero-order chi connectivity index (χ0) is 10.6. The Balaban J connectivity index is 2.63. The van der Waals surface area contributed by atoms with E-state index in [1.54, 1.807) is 6.07 Å². The molecule has 14 heavy (non-hydrogen) atoms. The number of aryl methyl sites for hydroxylation is 1. The molecule has 76 valence electrons. The molecule has 0 amide bonds. The maximum absolute atomic E-state index is 10.8. The average molecular weight is 212 g/mol. The maximum atomic E-state index is 10.8. The summed E-state index contributed by atoms with van der Waals surface area (Å²) in [4.78, 5) is 11.7. The van der Waals surface area contributed by atoms with Crippen LogP contribution in [0.25, 0.3) is 0 Å². The first-order valence-electron chi connectivity index (χ1n) is 4.12. The first kappa shape index (κ1) is 10.9. The van der Waals surface area contributed by atoms with E-state index >= 15 is 0 Å². The van der Waals surface area contributed by atoms with E-state index in [-0.39, 0.29) is 12.6 Å². The Hall–Kier alpha value is -1.16. The molecule has 4 heteroatoms. The Morgan fingerprint density at radius 1 is 1.50 bits per heavy atom. The molecule has 0 atom stereocenters. The van der Waals surface area contributed by atoms with Gasteiger partial charge in [0.1, 0.15) is 5.75 Å². The van der Waals surface area contributed by atoms with Crippen LogP contribution in [-0.4, -0.2) is 19.7 Å². The van der Waals surface area contributed by atoms with Gasteiger partial charge in [-0.2, -0.15) is 0 Å². The fourth-order valence-corrected chi connectivity index (χ4v) is 1.26. The summed E-state index contributed by atoms with van der Waals surface area (Å²) in [5, 5.41) is 0. The van der Waals surface area contributed by atoms with Crippen LogP contribution in [0.15, 0.2) is 23.1 Å². The smallest absolute Gasteiger partial charge is 0.343 e. The van der Waals surface area contributed by atoms with E-state index in [9.17, 15) is 4.79 Å². The van der Waals surface area contributed by atoms with Gasteiger partial charge < -0.3 is 9.47 Å². The number of methoxy groups -OCH3 is 1. The molecule has 0 bridgehead atoms. The minimum absolute atomic E-state index is 0.0662. The van der Waals surface area contributed by atoms with Gasteiger partial charge in [-0.15, -0.1) is 12.6 Å². The average Bonchev–Trinajstić information content (AvgIpc) is 2.16. The van der Waals surface area contributed by atoms with E-state index in [1.165, 1.54) is 7.11 Å². The van der Waals surface area contributed by atoms with Crippen molar-refractivity contribution in [1.82, 2.24) is 0 Å². The monoisotopic (exact) mass is 212 g/mol. The van der Waals surface area contributed by atoms with Crippen LogP contribution < -0.4 is 4.74 Å². The molecule has 0 saturated carbocycles. The van der Waals surface area contributed by atoms with Gasteiger partial charge in [-0.05, 0) is 30.7 Å². The highest BCUT2D eigenvalue weighted by Gasteiger charge is 2.03. The summed E-state index contributed by atoms with van der Waals surface area (Å²) >= 11 is 4.18. The summed E-state index contributed by atoms with van der Waals surface area (Å²) in [7, 11) is 1.33. The lowest BCUT2D eigenvalue weighted by Gasteiger charge is -2.07. The van der Waals surface area contributed by atoms with Crippen LogP contribution in [-0.2, 0) is 9.53 Å². The SMILES string of the molecule is COC(=O)COc1ccc(S)cc1C. The molecule has 0 spiro atoms. The van der Waals surface area contributed by atoms with Crippen molar-refractivity contribution in [3.05, 3.63) is 23.8 Å². The Morgan fingerprint density at radius 2 is 2.21 bits per heavy atom. The Kier molecular flexibility index (Phi) is 3.83. The molecule has 0 N–H and O–H groups in total. The standard InChI is InChI=1S/C10H12O3S/c1-7-5-8(14)3-4-9(7)13-6-10(11)12-2/h3-5,14H,6H2,1-2H3. The van der Waals surface area contributed by atoms with Gasteiger partial charge in [-0.1, -0.05) is 0 Å². The fourth-order valence-electron chi connectivity index (χ4n) is 0.991. The lowest BCUT2D eigenvalue weighted by atomic mass is 10.2. The van der Waals surface area contributed by atoms with Gasteiger partial charge in [0.25, 0.3) is 0 Å². The quantitative estimate of drug-likeness (QED) is 0.613. The second-order valence-corrected chi connectivity index (χ2v) is 3.33. The van der Waals surface area contributed by atoms with Crippen LogP contribution >= 0.6 is 12.6 Å². The van der Waals surface area contributed by atoms with Crippen LogP contribution in [0.5, 0.6) is 5.75 Å². The molecule has 0 unspecified atom stereocenters. The van der Waals surface area contributed by atoms with Crippen molar-refractivity contribution in [2.75, 3.05) is 13.7 Å². The molecule has 0 aliphatic rings. The second kappa shape index (κ2) is 4.91. The Bertz CT molecular complexity index is 336. The number of benzene rings is 1. The molecule has 1 rings (SSSR count). The molecular weight excluding hydrogens is 200 g/mol. The van der Waals surface area contributed by atoms with Crippen LogP contribution in [0.3, 0.4) is 0 Å². The first-order valence-corrected chi connectivity index (χ1v) is 4.57. The molecule has 0 radical (unpaired) electrons. The van der Waals surface area contributed by atoms with Gasteiger partial charge in [0, 0.05) is 4.90 Å². The second-order valence-electron chi connectivity index (χ2n) is 2.81. The van der Waals surface area contributed by atoms with E-state index in [1.807, 2.05) is 19.1 Å². The van der Waals surface area contributed by atoms with Gasteiger partial charge in [-0.25, -0.2) is 4.79 Å². The third-order valence-electron chi connectivity index (χ3n) is 1.73. The van der Waals surface area contributed by atoms with Gasteiger partial charge in [0.05, 0.1) is 7.11 Å². The predicted octanol–water partition coefficient (Wildman–Crippen LogP) is 1.84. The summed E-state index contributed by atoms with van der Waals surface area (Å²) in [6, 6.07) is 5.46. The number of ether oxygens (including phenoxy) is 2. The van der Waals surface area contributed by atoms with Gasteiger partial charge in [-0.3, -0.25) is 0 Å². The van der Waals surface area contributed by atoms with Gasteiger partial charge in [0.2, 0.25) is 0 Å². The number of hydrogen-bond acceptors (Lipinski definition) is 4. The molecule has 1 aromatic rings. The zero-order valence-electron chi connectivity index (χ0n) is 8.11. The first-order chi connectivity index (χ1) is 6.63. The lowest BCUT2D eigenvalue weighted by Crippen LogP contribution is -2.12. The van der Waals surface area contributed by atoms with Gasteiger partial charge >= 0.3 is 5.97 Å². The van der Waals surface area contributed by atoms with Crippen LogP contribution in [0.4, 0.5) is 0 Å². The predicted molar refractivity (Wildman–Crippen MR) is 55.9 cm³/mol. The number of esters is 1. The lowest BCUT2D eigenvalue weighted by molar-refractivity contribution is -0.142. The highest BCUT2D eigenvalue weighted by molar-refractivity contribution is 7.80. The minimum atomic E-state index is -0.389. The summed E-state index contributed by atoms with van der Waals surface area (Å²) in [5.74, 6) is 0.285. The van der Waals surface area contributed by atoms with E-state index in [2.05, 4.69) is 17.4 Å². The van der Waals surface area contributed by atoms with Crippen LogP contribution in [0.2, 0.25) is 0 Å². The van der Waals surface area contributed by atoms with Crippen molar-refractivity contribution in [3.63, 3.8) is 0 Å². The number of carbonyl (C=O) groups is 1. The molecule has 1 aromatic carbocycles. The molecule has 0 fully saturated rings. The van der Waals surface area contributed by atoms with Crippen molar-refractivity contribution < 1.29 is 14.3 Å². The molecule has 0 aliphatic heterocycles. The molecule has 0 heterocycles. The van der Waals surface area contributed by atoms with Crippen molar-refractivity contribution in [3.8, 4) is 5.75 Å². The zero-order valence-corrected chi connectivity index (χ0v) is 9.01. The van der Waals surface area contributed by atoms with Crippen LogP contribution in [0.1, 0.15) is 5.56 Å². The Morgan fingerprint density at radius 3 is 2.79 bits per heavy atom. The maximum Gasteiger partial charge on any atom is 0.343 e. The molecule has 0 aromatic heterocycles. The van der Waals surface area contributed by atoms with Crippen LogP contribution in [0, 0.1) is 6.92 Å². The minimum Gasteiger partial charge on any atom is -0.482 e. The third-order valence-corrected chi connectivity index (χ3v) is 2.01. The van der Waals surface area contributed by atoms with E-state index in [0.717, 1.165) is 10.5 Å². The van der Waals surface area contributed by atoms with E-state index in [4.69, 9.17) is 4.74 Å². The third kappa shape index (κ3) is 2.96.